The molecule has 1 aliphatic rings. The number of rotatable bonds is 6. The van der Waals surface area contributed by atoms with Crippen LogP contribution in [-0.4, -0.2) is 17.1 Å². The van der Waals surface area contributed by atoms with Crippen LogP contribution in [0, 0.1) is 18.3 Å². The molecule has 1 saturated heterocycles. The lowest BCUT2D eigenvalue weighted by Crippen LogP contribution is -2.32. The second-order valence-corrected chi connectivity index (χ2v) is 10.0. The average Bonchev–Trinajstić information content (AvgIpc) is 3.17. The van der Waals surface area contributed by atoms with Crippen molar-refractivity contribution in [3.05, 3.63) is 110 Å². The molecule has 0 unspecified atom stereocenters. The summed E-state index contributed by atoms with van der Waals surface area (Å²) in [5.41, 5.74) is 3.28. The summed E-state index contributed by atoms with van der Waals surface area (Å²) < 4.78 is 0. The van der Waals surface area contributed by atoms with Gasteiger partial charge in [-0.1, -0.05) is 89.1 Å². The monoisotopic (exact) mass is 521 g/mol. The standard InChI is InChI=1S/C27H21Cl2N3O2S/c1-17-7-10-20(11-8-17)32-26(34)24(14-19-9-12-22(28)23(29)13-19)35-27(32)21(15-30)25(33)31-16-18-5-3-2-4-6-18/h2-13,24H,14,16H2,1H3,(H,31,33)/b27-21-/t24-/m0/s1. The van der Waals surface area contributed by atoms with Crippen LogP contribution in [0.3, 0.4) is 0 Å². The number of aryl methyl sites for hydroxylation is 1. The molecule has 0 aliphatic carbocycles. The van der Waals surface area contributed by atoms with Gasteiger partial charge in [0, 0.05) is 12.2 Å². The summed E-state index contributed by atoms with van der Waals surface area (Å²) in [6.07, 6.45) is 0.372. The van der Waals surface area contributed by atoms with Gasteiger partial charge in [0.05, 0.1) is 15.3 Å². The van der Waals surface area contributed by atoms with E-state index in [0.717, 1.165) is 16.7 Å². The zero-order valence-corrected chi connectivity index (χ0v) is 21.1. The Morgan fingerprint density at radius 2 is 1.74 bits per heavy atom. The van der Waals surface area contributed by atoms with E-state index in [9.17, 15) is 14.9 Å². The van der Waals surface area contributed by atoms with Crippen molar-refractivity contribution in [3.63, 3.8) is 0 Å². The van der Waals surface area contributed by atoms with Crippen LogP contribution in [0.5, 0.6) is 0 Å². The number of amides is 2. The SMILES string of the molecule is Cc1ccc(N2C(=O)[C@H](Cc3ccc(Cl)c(Cl)c3)S/C2=C(/C#N)C(=O)NCc2ccccc2)cc1. The largest absolute Gasteiger partial charge is 0.347 e. The number of anilines is 1. The molecule has 1 aliphatic heterocycles. The topological polar surface area (TPSA) is 73.2 Å². The Labute approximate surface area is 218 Å². The van der Waals surface area contributed by atoms with E-state index in [-0.39, 0.29) is 18.0 Å². The highest BCUT2D eigenvalue weighted by atomic mass is 35.5. The average molecular weight is 522 g/mol. The maximum Gasteiger partial charge on any atom is 0.264 e. The second-order valence-electron chi connectivity index (χ2n) is 8.03. The van der Waals surface area contributed by atoms with Crippen molar-refractivity contribution in [2.75, 3.05) is 4.90 Å². The predicted molar refractivity (Wildman–Crippen MR) is 141 cm³/mol. The van der Waals surface area contributed by atoms with Crippen molar-refractivity contribution in [2.24, 2.45) is 0 Å². The van der Waals surface area contributed by atoms with E-state index in [4.69, 9.17) is 23.2 Å². The summed E-state index contributed by atoms with van der Waals surface area (Å²) in [5.74, 6) is -0.734. The van der Waals surface area contributed by atoms with Gasteiger partial charge in [0.15, 0.2) is 0 Å². The summed E-state index contributed by atoms with van der Waals surface area (Å²) in [6, 6.07) is 24.1. The van der Waals surface area contributed by atoms with Crippen LogP contribution in [-0.2, 0) is 22.6 Å². The van der Waals surface area contributed by atoms with Crippen LogP contribution >= 0.6 is 35.0 Å². The van der Waals surface area contributed by atoms with Crippen molar-refractivity contribution < 1.29 is 9.59 Å². The molecule has 8 heteroatoms. The first-order valence-electron chi connectivity index (χ1n) is 10.8. The first kappa shape index (κ1) is 24.9. The Hall–Kier alpha value is -3.24. The third kappa shape index (κ3) is 5.71. The molecule has 5 nitrogen and oxygen atoms in total. The lowest BCUT2D eigenvalue weighted by molar-refractivity contribution is -0.117. The van der Waals surface area contributed by atoms with Crippen molar-refractivity contribution >= 4 is 52.5 Å². The summed E-state index contributed by atoms with van der Waals surface area (Å²) in [7, 11) is 0. The van der Waals surface area contributed by atoms with Gasteiger partial charge in [0.25, 0.3) is 5.91 Å². The van der Waals surface area contributed by atoms with E-state index >= 15 is 0 Å². The number of nitrogens with one attached hydrogen (secondary N) is 1. The molecule has 176 valence electrons. The van der Waals surface area contributed by atoms with Crippen LogP contribution in [0.2, 0.25) is 10.0 Å². The fraction of sp³-hybridized carbons (Fsp3) is 0.148. The minimum atomic E-state index is -0.534. The third-order valence-electron chi connectivity index (χ3n) is 5.50. The molecule has 0 radical (unpaired) electrons. The van der Waals surface area contributed by atoms with Gasteiger partial charge in [0.1, 0.15) is 16.7 Å². The fourth-order valence-electron chi connectivity index (χ4n) is 3.66. The maximum atomic E-state index is 13.6. The predicted octanol–water partition coefficient (Wildman–Crippen LogP) is 6.04. The van der Waals surface area contributed by atoms with E-state index in [2.05, 4.69) is 5.32 Å². The minimum Gasteiger partial charge on any atom is -0.347 e. The van der Waals surface area contributed by atoms with E-state index in [1.165, 1.54) is 16.7 Å². The van der Waals surface area contributed by atoms with Gasteiger partial charge in [-0.05, 0) is 48.7 Å². The number of carbonyl (C=O) groups excluding carboxylic acids is 2. The highest BCUT2D eigenvalue weighted by molar-refractivity contribution is 8.05. The first-order valence-corrected chi connectivity index (χ1v) is 12.5. The molecule has 0 spiro atoms. The molecule has 1 heterocycles. The minimum absolute atomic E-state index is 0.100. The number of thioether (sulfide) groups is 1. The molecular formula is C27H21Cl2N3O2S. The molecule has 3 aromatic rings. The molecule has 0 saturated carbocycles. The fourth-order valence-corrected chi connectivity index (χ4v) is 5.29. The summed E-state index contributed by atoms with van der Waals surface area (Å²) in [4.78, 5) is 28.1. The number of carbonyl (C=O) groups is 2. The van der Waals surface area contributed by atoms with Crippen molar-refractivity contribution in [3.8, 4) is 6.07 Å². The van der Waals surface area contributed by atoms with Crippen molar-refractivity contribution in [1.82, 2.24) is 5.32 Å². The van der Waals surface area contributed by atoms with Gasteiger partial charge in [-0.25, -0.2) is 0 Å². The van der Waals surface area contributed by atoms with Gasteiger partial charge in [-0.2, -0.15) is 5.26 Å². The molecule has 3 aromatic carbocycles. The van der Waals surface area contributed by atoms with E-state index in [1.54, 1.807) is 12.1 Å². The van der Waals surface area contributed by atoms with Gasteiger partial charge in [-0.3, -0.25) is 14.5 Å². The molecule has 35 heavy (non-hydrogen) atoms. The zero-order valence-electron chi connectivity index (χ0n) is 18.8. The number of benzene rings is 3. The molecule has 2 amide bonds. The summed E-state index contributed by atoms with van der Waals surface area (Å²) >= 11 is 13.4. The van der Waals surface area contributed by atoms with Crippen LogP contribution < -0.4 is 10.2 Å². The molecule has 1 fully saturated rings. The molecular weight excluding hydrogens is 501 g/mol. The molecule has 0 bridgehead atoms. The Bertz CT molecular complexity index is 1330. The maximum absolute atomic E-state index is 13.6. The number of halogens is 2. The van der Waals surface area contributed by atoms with Crippen molar-refractivity contribution in [2.45, 2.75) is 25.1 Å². The van der Waals surface area contributed by atoms with Crippen LogP contribution in [0.25, 0.3) is 0 Å². The first-order chi connectivity index (χ1) is 16.9. The second kappa shape index (κ2) is 11.0. The van der Waals surface area contributed by atoms with Crippen LogP contribution in [0.4, 0.5) is 5.69 Å². The van der Waals surface area contributed by atoms with E-state index in [0.29, 0.717) is 27.2 Å². The lowest BCUT2D eigenvalue weighted by Gasteiger charge is -2.19. The van der Waals surface area contributed by atoms with Crippen LogP contribution in [0.1, 0.15) is 16.7 Å². The molecule has 0 aromatic heterocycles. The van der Waals surface area contributed by atoms with Gasteiger partial charge < -0.3 is 5.32 Å². The van der Waals surface area contributed by atoms with E-state index in [1.807, 2.05) is 73.7 Å². The van der Waals surface area contributed by atoms with Crippen molar-refractivity contribution in [1.29, 1.82) is 5.26 Å². The highest BCUT2D eigenvalue weighted by Crippen LogP contribution is 2.42. The molecule has 1 N–H and O–H groups in total. The number of nitriles is 1. The van der Waals surface area contributed by atoms with Gasteiger partial charge in [-0.15, -0.1) is 0 Å². The van der Waals surface area contributed by atoms with E-state index < -0.39 is 11.2 Å². The normalized spacial score (nSPS) is 16.7. The van der Waals surface area contributed by atoms with Crippen LogP contribution in [0.15, 0.2) is 83.4 Å². The summed E-state index contributed by atoms with van der Waals surface area (Å²) in [6.45, 7) is 2.22. The third-order valence-corrected chi connectivity index (χ3v) is 7.50. The highest BCUT2D eigenvalue weighted by Gasteiger charge is 2.40. The molecule has 4 rings (SSSR count). The summed E-state index contributed by atoms with van der Waals surface area (Å²) in [5, 5.41) is 13.4. The Morgan fingerprint density at radius 1 is 1.03 bits per heavy atom. The zero-order chi connectivity index (χ0) is 24.9. The smallest absolute Gasteiger partial charge is 0.264 e. The Kier molecular flexibility index (Phi) is 7.82. The van der Waals surface area contributed by atoms with Gasteiger partial charge >= 0.3 is 0 Å². The Balaban J connectivity index is 1.67. The quantitative estimate of drug-likeness (QED) is 0.316. The lowest BCUT2D eigenvalue weighted by atomic mass is 10.1. The Morgan fingerprint density at radius 3 is 2.40 bits per heavy atom. The number of nitrogens with zero attached hydrogens (tertiary/aromatic N) is 2. The van der Waals surface area contributed by atoms with Gasteiger partial charge in [0.2, 0.25) is 5.91 Å². The number of hydrogen-bond donors (Lipinski definition) is 1. The molecule has 1 atom stereocenters. The number of hydrogen-bond acceptors (Lipinski definition) is 4.